The van der Waals surface area contributed by atoms with Gasteiger partial charge in [0.05, 0.1) is 11.0 Å². The number of fused-ring (bicyclic) bond motifs is 3. The summed E-state index contributed by atoms with van der Waals surface area (Å²) in [4.78, 5) is 2.34. The van der Waals surface area contributed by atoms with Gasteiger partial charge >= 0.3 is 0 Å². The van der Waals surface area contributed by atoms with E-state index in [-0.39, 0.29) is 0 Å². The fraction of sp³-hybridized carbons (Fsp3) is 0. The molecule has 0 unspecified atom stereocenters. The molecule has 1 heterocycles. The van der Waals surface area contributed by atoms with Crippen molar-refractivity contribution < 1.29 is 0 Å². The maximum Gasteiger partial charge on any atom is 0.0547 e. The molecule has 0 saturated carbocycles. The van der Waals surface area contributed by atoms with Crippen molar-refractivity contribution in [2.75, 3.05) is 4.90 Å². The van der Waals surface area contributed by atoms with E-state index in [1.807, 2.05) is 0 Å². The SMILES string of the molecule is c1ccc(-c2ccc(N(c3ccccc3)c3cccc(-c4ccccc4-c4ccc5c6ccccc6n(-c6ccccc6)c5c4)c3)cc2)cc1. The lowest BCUT2D eigenvalue weighted by Crippen LogP contribution is -2.09. The molecule has 0 spiro atoms. The van der Waals surface area contributed by atoms with Crippen molar-refractivity contribution in [2.24, 2.45) is 0 Å². The van der Waals surface area contributed by atoms with Gasteiger partial charge in [-0.2, -0.15) is 0 Å². The number of hydrogen-bond acceptors (Lipinski definition) is 1. The molecule has 2 heteroatoms. The molecule has 9 aromatic rings. The largest absolute Gasteiger partial charge is 0.310 e. The van der Waals surface area contributed by atoms with Crippen molar-refractivity contribution in [1.29, 1.82) is 0 Å². The number of aromatic nitrogens is 1. The average molecular weight is 639 g/mol. The van der Waals surface area contributed by atoms with Crippen molar-refractivity contribution in [3.63, 3.8) is 0 Å². The zero-order chi connectivity index (χ0) is 33.3. The molecule has 0 bridgehead atoms. The molecule has 1 aromatic heterocycles. The van der Waals surface area contributed by atoms with E-state index in [0.717, 1.165) is 22.7 Å². The summed E-state index contributed by atoms with van der Waals surface area (Å²) in [7, 11) is 0. The van der Waals surface area contributed by atoms with Gasteiger partial charge in [-0.15, -0.1) is 0 Å². The minimum absolute atomic E-state index is 1.11. The standard InChI is InChI=1S/C48H34N2/c1-4-15-35(16-5-1)36-27-30-41(31-28-36)49(39-18-6-2-7-19-39)42-22-14-17-37(33-42)43-23-10-11-24-44(43)38-29-32-46-45-25-12-13-26-47(45)50(48(46)34-38)40-20-8-3-9-21-40/h1-34H. The lowest BCUT2D eigenvalue weighted by molar-refractivity contribution is 1.18. The molecule has 0 amide bonds. The molecule has 50 heavy (non-hydrogen) atoms. The summed E-state index contributed by atoms with van der Waals surface area (Å²) in [6, 6.07) is 74.0. The van der Waals surface area contributed by atoms with Crippen LogP contribution in [0.4, 0.5) is 17.1 Å². The van der Waals surface area contributed by atoms with Crippen molar-refractivity contribution in [3.8, 4) is 39.1 Å². The maximum absolute atomic E-state index is 2.39. The highest BCUT2D eigenvalue weighted by Gasteiger charge is 2.17. The number of hydrogen-bond donors (Lipinski definition) is 0. The minimum atomic E-state index is 1.11. The van der Waals surface area contributed by atoms with Crippen molar-refractivity contribution in [1.82, 2.24) is 4.57 Å². The van der Waals surface area contributed by atoms with E-state index >= 15 is 0 Å². The van der Waals surface area contributed by atoms with Crippen LogP contribution in [0, 0.1) is 0 Å². The third kappa shape index (κ3) is 5.34. The molecule has 8 aromatic carbocycles. The summed E-state index contributed by atoms with van der Waals surface area (Å²) in [5, 5.41) is 2.51. The summed E-state index contributed by atoms with van der Waals surface area (Å²) in [6.45, 7) is 0. The van der Waals surface area contributed by atoms with Gasteiger partial charge in [0.25, 0.3) is 0 Å². The zero-order valence-corrected chi connectivity index (χ0v) is 27.5. The molecule has 0 N–H and O–H groups in total. The predicted molar refractivity (Wildman–Crippen MR) is 212 cm³/mol. The van der Waals surface area contributed by atoms with Crippen LogP contribution in [0.1, 0.15) is 0 Å². The minimum Gasteiger partial charge on any atom is -0.310 e. The average Bonchev–Trinajstić information content (AvgIpc) is 3.53. The second kappa shape index (κ2) is 12.8. The van der Waals surface area contributed by atoms with Crippen molar-refractivity contribution >= 4 is 38.9 Å². The number of nitrogens with zero attached hydrogens (tertiary/aromatic N) is 2. The van der Waals surface area contributed by atoms with Crippen LogP contribution in [0.25, 0.3) is 60.9 Å². The normalized spacial score (nSPS) is 11.2. The van der Waals surface area contributed by atoms with Crippen LogP contribution in [0.15, 0.2) is 206 Å². The Morgan fingerprint density at radius 2 is 0.800 bits per heavy atom. The highest BCUT2D eigenvalue weighted by molar-refractivity contribution is 6.10. The molecule has 2 nitrogen and oxygen atoms in total. The Labute approximate surface area is 292 Å². The van der Waals surface area contributed by atoms with Gasteiger partial charge in [0.2, 0.25) is 0 Å². The highest BCUT2D eigenvalue weighted by Crippen LogP contribution is 2.41. The van der Waals surface area contributed by atoms with E-state index < -0.39 is 0 Å². The van der Waals surface area contributed by atoms with Gasteiger partial charge in [-0.05, 0) is 94.0 Å². The monoisotopic (exact) mass is 638 g/mol. The smallest absolute Gasteiger partial charge is 0.0547 e. The molecule has 0 aliphatic rings. The van der Waals surface area contributed by atoms with E-state index in [9.17, 15) is 0 Å². The van der Waals surface area contributed by atoms with Crippen LogP contribution >= 0.6 is 0 Å². The summed E-state index contributed by atoms with van der Waals surface area (Å²) in [5.41, 5.74) is 14.1. The van der Waals surface area contributed by atoms with E-state index in [2.05, 4.69) is 216 Å². The number of para-hydroxylation sites is 3. The van der Waals surface area contributed by atoms with E-state index in [1.54, 1.807) is 0 Å². The lowest BCUT2D eigenvalue weighted by atomic mass is 9.93. The van der Waals surface area contributed by atoms with Crippen LogP contribution in [-0.2, 0) is 0 Å². The first-order valence-electron chi connectivity index (χ1n) is 17.1. The molecule has 0 aliphatic carbocycles. The second-order valence-electron chi connectivity index (χ2n) is 12.6. The maximum atomic E-state index is 2.39. The molecule has 0 aliphatic heterocycles. The second-order valence-corrected chi connectivity index (χ2v) is 12.6. The van der Waals surface area contributed by atoms with Gasteiger partial charge in [0, 0.05) is 33.5 Å². The molecule has 0 radical (unpaired) electrons. The quantitative estimate of drug-likeness (QED) is 0.169. The van der Waals surface area contributed by atoms with Crippen LogP contribution < -0.4 is 4.90 Å². The van der Waals surface area contributed by atoms with E-state index in [4.69, 9.17) is 0 Å². The Hall–Kier alpha value is -6.64. The molecule has 0 atom stereocenters. The van der Waals surface area contributed by atoms with Crippen LogP contribution in [-0.4, -0.2) is 4.57 Å². The molecule has 0 fully saturated rings. The molecule has 9 rings (SSSR count). The van der Waals surface area contributed by atoms with Gasteiger partial charge in [0.1, 0.15) is 0 Å². The van der Waals surface area contributed by atoms with E-state index in [1.165, 1.54) is 55.2 Å². The number of rotatable bonds is 7. The third-order valence-corrected chi connectivity index (χ3v) is 9.59. The molecular formula is C48H34N2. The summed E-state index contributed by atoms with van der Waals surface area (Å²) in [6.07, 6.45) is 0. The summed E-state index contributed by atoms with van der Waals surface area (Å²) >= 11 is 0. The van der Waals surface area contributed by atoms with Gasteiger partial charge < -0.3 is 9.47 Å². The molecule has 236 valence electrons. The van der Waals surface area contributed by atoms with Gasteiger partial charge in [-0.1, -0.05) is 146 Å². The Morgan fingerprint density at radius 3 is 1.54 bits per heavy atom. The Kier molecular flexibility index (Phi) is 7.53. The van der Waals surface area contributed by atoms with Crippen LogP contribution in [0.2, 0.25) is 0 Å². The first kappa shape index (κ1) is 29.5. The Balaban J connectivity index is 1.16. The van der Waals surface area contributed by atoms with Crippen LogP contribution in [0.3, 0.4) is 0 Å². The first-order valence-corrected chi connectivity index (χ1v) is 17.1. The predicted octanol–water partition coefficient (Wildman–Crippen LogP) is 13.3. The summed E-state index contributed by atoms with van der Waals surface area (Å²) < 4.78 is 2.39. The Morgan fingerprint density at radius 1 is 0.300 bits per heavy atom. The van der Waals surface area contributed by atoms with Crippen molar-refractivity contribution in [2.45, 2.75) is 0 Å². The summed E-state index contributed by atoms with van der Waals surface area (Å²) in [5.74, 6) is 0. The Bertz CT molecular complexity index is 2570. The molecular weight excluding hydrogens is 605 g/mol. The molecule has 0 saturated heterocycles. The third-order valence-electron chi connectivity index (χ3n) is 9.59. The highest BCUT2D eigenvalue weighted by atomic mass is 15.1. The fourth-order valence-corrected chi connectivity index (χ4v) is 7.25. The number of benzene rings is 8. The van der Waals surface area contributed by atoms with Gasteiger partial charge in [0.15, 0.2) is 0 Å². The lowest BCUT2D eigenvalue weighted by Gasteiger charge is -2.26. The fourth-order valence-electron chi connectivity index (χ4n) is 7.25. The van der Waals surface area contributed by atoms with E-state index in [0.29, 0.717) is 0 Å². The zero-order valence-electron chi connectivity index (χ0n) is 27.5. The van der Waals surface area contributed by atoms with Gasteiger partial charge in [-0.25, -0.2) is 0 Å². The van der Waals surface area contributed by atoms with Crippen LogP contribution in [0.5, 0.6) is 0 Å². The van der Waals surface area contributed by atoms with Gasteiger partial charge in [-0.3, -0.25) is 0 Å². The number of anilines is 3. The topological polar surface area (TPSA) is 8.17 Å². The first-order chi connectivity index (χ1) is 24.8. The van der Waals surface area contributed by atoms with Crippen molar-refractivity contribution in [3.05, 3.63) is 206 Å².